The zero-order valence-corrected chi connectivity index (χ0v) is 13.8. The minimum Gasteiger partial charge on any atom is -0.350 e. The monoisotopic (exact) mass is 307 g/mol. The summed E-state index contributed by atoms with van der Waals surface area (Å²) in [6.45, 7) is 6.06. The number of nitrogens with one attached hydrogen (secondary N) is 1. The van der Waals surface area contributed by atoms with Crippen LogP contribution in [-0.2, 0) is 14.4 Å². The summed E-state index contributed by atoms with van der Waals surface area (Å²) < 4.78 is 0. The van der Waals surface area contributed by atoms with Crippen LogP contribution in [0.15, 0.2) is 12.2 Å². The molecule has 0 aromatic carbocycles. The van der Waals surface area contributed by atoms with Crippen molar-refractivity contribution in [1.82, 2.24) is 15.1 Å². The van der Waals surface area contributed by atoms with Gasteiger partial charge in [0, 0.05) is 5.54 Å². The van der Waals surface area contributed by atoms with E-state index in [-0.39, 0.29) is 48.3 Å². The summed E-state index contributed by atoms with van der Waals surface area (Å²) >= 11 is 0. The number of allylic oxidation sites excluding steroid dienone is 2. The number of fused-ring (bicyclic) bond motifs is 1. The molecule has 6 nitrogen and oxygen atoms in total. The van der Waals surface area contributed by atoms with E-state index < -0.39 is 0 Å². The molecule has 0 bridgehead atoms. The van der Waals surface area contributed by atoms with Gasteiger partial charge < -0.3 is 5.32 Å². The van der Waals surface area contributed by atoms with Gasteiger partial charge in [0.25, 0.3) is 0 Å². The largest absolute Gasteiger partial charge is 0.350 e. The zero-order chi connectivity index (χ0) is 16.5. The van der Waals surface area contributed by atoms with Crippen LogP contribution >= 0.6 is 0 Å². The highest BCUT2D eigenvalue weighted by Gasteiger charge is 2.47. The van der Waals surface area contributed by atoms with Crippen LogP contribution < -0.4 is 5.32 Å². The molecule has 0 spiro atoms. The molecule has 1 aliphatic heterocycles. The van der Waals surface area contributed by atoms with Crippen molar-refractivity contribution in [2.45, 2.75) is 39.2 Å². The third-order valence-corrected chi connectivity index (χ3v) is 3.91. The zero-order valence-electron chi connectivity index (χ0n) is 13.8. The Kier molecular flexibility index (Phi) is 4.70. The summed E-state index contributed by atoms with van der Waals surface area (Å²) in [4.78, 5) is 39.6. The van der Waals surface area contributed by atoms with E-state index in [1.54, 1.807) is 11.9 Å². The van der Waals surface area contributed by atoms with Gasteiger partial charge in [0.2, 0.25) is 17.7 Å². The molecule has 0 saturated carbocycles. The molecular weight excluding hydrogens is 282 g/mol. The second kappa shape index (κ2) is 6.20. The Morgan fingerprint density at radius 1 is 1.23 bits per heavy atom. The number of imide groups is 1. The first-order valence-electron chi connectivity index (χ1n) is 7.69. The number of carbonyl (C=O) groups is 3. The number of hydrogen-bond donors (Lipinski definition) is 1. The summed E-state index contributed by atoms with van der Waals surface area (Å²) in [7, 11) is 1.74. The molecule has 0 radical (unpaired) electrons. The molecule has 1 aliphatic carbocycles. The highest BCUT2D eigenvalue weighted by atomic mass is 16.2. The van der Waals surface area contributed by atoms with Crippen LogP contribution in [0.1, 0.15) is 33.6 Å². The molecular formula is C16H25N3O3. The van der Waals surface area contributed by atoms with E-state index in [1.165, 1.54) is 4.90 Å². The van der Waals surface area contributed by atoms with E-state index in [0.29, 0.717) is 12.8 Å². The van der Waals surface area contributed by atoms with Crippen molar-refractivity contribution in [3.63, 3.8) is 0 Å². The van der Waals surface area contributed by atoms with Crippen molar-refractivity contribution >= 4 is 17.7 Å². The molecule has 6 heteroatoms. The molecule has 1 heterocycles. The molecule has 2 atom stereocenters. The van der Waals surface area contributed by atoms with Crippen LogP contribution in [0.5, 0.6) is 0 Å². The van der Waals surface area contributed by atoms with Crippen molar-refractivity contribution in [1.29, 1.82) is 0 Å². The topological polar surface area (TPSA) is 69.7 Å². The van der Waals surface area contributed by atoms with Crippen LogP contribution in [0.3, 0.4) is 0 Å². The van der Waals surface area contributed by atoms with Crippen molar-refractivity contribution in [3.8, 4) is 0 Å². The van der Waals surface area contributed by atoms with Crippen molar-refractivity contribution in [2.24, 2.45) is 11.8 Å². The number of rotatable bonds is 4. The van der Waals surface area contributed by atoms with Crippen molar-refractivity contribution < 1.29 is 14.4 Å². The van der Waals surface area contributed by atoms with E-state index >= 15 is 0 Å². The Balaban J connectivity index is 1.92. The van der Waals surface area contributed by atoms with E-state index in [9.17, 15) is 14.4 Å². The minimum absolute atomic E-state index is 0.109. The Morgan fingerprint density at radius 2 is 1.73 bits per heavy atom. The molecule has 0 unspecified atom stereocenters. The molecule has 122 valence electrons. The molecule has 1 fully saturated rings. The van der Waals surface area contributed by atoms with Gasteiger partial charge in [-0.2, -0.15) is 0 Å². The Bertz CT molecular complexity index is 481. The summed E-state index contributed by atoms with van der Waals surface area (Å²) in [6, 6.07) is 0. The fraction of sp³-hybridized carbons (Fsp3) is 0.688. The van der Waals surface area contributed by atoms with Crippen LogP contribution in [0.25, 0.3) is 0 Å². The number of nitrogens with zero attached hydrogens (tertiary/aromatic N) is 2. The second-order valence-electron chi connectivity index (χ2n) is 7.21. The smallest absolute Gasteiger partial charge is 0.234 e. The van der Waals surface area contributed by atoms with Crippen molar-refractivity contribution in [3.05, 3.63) is 12.2 Å². The highest BCUT2D eigenvalue weighted by molar-refractivity contribution is 6.05. The molecule has 1 N–H and O–H groups in total. The SMILES string of the molecule is CN(CC(=O)NC(C)(C)C)CN1C(=O)[C@H]2CC=CC[C@@H]2C1=O. The first-order chi connectivity index (χ1) is 10.2. The van der Waals surface area contributed by atoms with Gasteiger partial charge in [-0.05, 0) is 40.7 Å². The molecule has 0 aromatic rings. The predicted octanol–water partition coefficient (Wildman–Crippen LogP) is 0.742. The normalized spacial score (nSPS) is 24.9. The lowest BCUT2D eigenvalue weighted by molar-refractivity contribution is -0.143. The Hall–Kier alpha value is -1.69. The van der Waals surface area contributed by atoms with Gasteiger partial charge in [0.05, 0.1) is 25.0 Å². The van der Waals surface area contributed by atoms with Gasteiger partial charge in [0.1, 0.15) is 0 Å². The molecule has 22 heavy (non-hydrogen) atoms. The van der Waals surface area contributed by atoms with Gasteiger partial charge in [0.15, 0.2) is 0 Å². The second-order valence-corrected chi connectivity index (χ2v) is 7.21. The number of amides is 3. The lowest BCUT2D eigenvalue weighted by Crippen LogP contribution is -2.48. The molecule has 2 rings (SSSR count). The van der Waals surface area contributed by atoms with Gasteiger partial charge in [-0.3, -0.25) is 24.2 Å². The summed E-state index contributed by atoms with van der Waals surface area (Å²) in [5.74, 6) is -0.762. The summed E-state index contributed by atoms with van der Waals surface area (Å²) in [6.07, 6.45) is 5.21. The maximum absolute atomic E-state index is 12.3. The third-order valence-electron chi connectivity index (χ3n) is 3.91. The average molecular weight is 307 g/mol. The average Bonchev–Trinajstić information content (AvgIpc) is 2.62. The maximum Gasteiger partial charge on any atom is 0.234 e. The van der Waals surface area contributed by atoms with Crippen LogP contribution in [0.4, 0.5) is 0 Å². The van der Waals surface area contributed by atoms with E-state index in [2.05, 4.69) is 5.32 Å². The maximum atomic E-state index is 12.3. The highest BCUT2D eigenvalue weighted by Crippen LogP contribution is 2.34. The molecule has 2 aliphatic rings. The van der Waals surface area contributed by atoms with E-state index in [0.717, 1.165) is 0 Å². The van der Waals surface area contributed by atoms with Gasteiger partial charge in [-0.25, -0.2) is 0 Å². The summed E-state index contributed by atoms with van der Waals surface area (Å²) in [5, 5.41) is 2.87. The fourth-order valence-electron chi connectivity index (χ4n) is 3.00. The standard InChI is InChI=1S/C16H25N3O3/c1-16(2,3)17-13(20)9-18(4)10-19-14(21)11-7-5-6-8-12(11)15(19)22/h5-6,11-12H,7-10H2,1-4H3,(H,17,20)/t11-,12-/m0/s1. The first-order valence-corrected chi connectivity index (χ1v) is 7.69. The lowest BCUT2D eigenvalue weighted by Gasteiger charge is -2.25. The Morgan fingerprint density at radius 3 is 2.18 bits per heavy atom. The van der Waals surface area contributed by atoms with Gasteiger partial charge in [-0.15, -0.1) is 0 Å². The quantitative estimate of drug-likeness (QED) is 0.614. The number of hydrogen-bond acceptors (Lipinski definition) is 4. The van der Waals surface area contributed by atoms with Crippen molar-refractivity contribution in [2.75, 3.05) is 20.3 Å². The van der Waals surface area contributed by atoms with Crippen LogP contribution in [0, 0.1) is 11.8 Å². The summed E-state index contributed by atoms with van der Waals surface area (Å²) in [5.41, 5.74) is -0.294. The number of carbonyl (C=O) groups excluding carboxylic acids is 3. The van der Waals surface area contributed by atoms with Crippen LogP contribution in [-0.4, -0.2) is 53.3 Å². The third kappa shape index (κ3) is 3.74. The first kappa shape index (κ1) is 16.7. The number of likely N-dealkylation sites (N-methyl/N-ethyl adjacent to an activating group) is 1. The molecule has 3 amide bonds. The number of likely N-dealkylation sites (tertiary alicyclic amines) is 1. The molecule has 1 saturated heterocycles. The predicted molar refractivity (Wildman–Crippen MR) is 82.6 cm³/mol. The fourth-order valence-corrected chi connectivity index (χ4v) is 3.00. The van der Waals surface area contributed by atoms with E-state index in [1.807, 2.05) is 32.9 Å². The van der Waals surface area contributed by atoms with Gasteiger partial charge in [-0.1, -0.05) is 12.2 Å². The van der Waals surface area contributed by atoms with Crippen LogP contribution in [0.2, 0.25) is 0 Å². The van der Waals surface area contributed by atoms with Gasteiger partial charge >= 0.3 is 0 Å². The lowest BCUT2D eigenvalue weighted by atomic mass is 9.85. The molecule has 0 aromatic heterocycles. The van der Waals surface area contributed by atoms with E-state index in [4.69, 9.17) is 0 Å². The Labute approximate surface area is 131 Å². The minimum atomic E-state index is -0.294.